The minimum atomic E-state index is -0.829. The van der Waals surface area contributed by atoms with Crippen LogP contribution in [0, 0.1) is 6.92 Å². The van der Waals surface area contributed by atoms with Gasteiger partial charge in [0.2, 0.25) is 17.6 Å². The van der Waals surface area contributed by atoms with Gasteiger partial charge in [0.1, 0.15) is 11.1 Å². The summed E-state index contributed by atoms with van der Waals surface area (Å²) in [6.45, 7) is 15.7. The zero-order valence-corrected chi connectivity index (χ0v) is 21.9. The molecule has 1 aromatic carbocycles. The second-order valence-corrected chi connectivity index (χ2v) is 10.7. The first-order valence-electron chi connectivity index (χ1n) is 12.2. The summed E-state index contributed by atoms with van der Waals surface area (Å²) in [5, 5.41) is 11.0. The van der Waals surface area contributed by atoms with Gasteiger partial charge in [0.25, 0.3) is 0 Å². The molecule has 3 heterocycles. The Balaban J connectivity index is 1.25. The molecule has 0 atom stereocenters. The van der Waals surface area contributed by atoms with E-state index in [1.807, 2.05) is 65.8 Å². The number of piperazine rings is 1. The molecule has 1 amide bonds. The molecular formula is C25H35N7O4. The van der Waals surface area contributed by atoms with E-state index >= 15 is 0 Å². The molecule has 1 aliphatic heterocycles. The Morgan fingerprint density at radius 2 is 1.47 bits per heavy atom. The van der Waals surface area contributed by atoms with Gasteiger partial charge in [-0.1, -0.05) is 40.1 Å². The molecule has 194 valence electrons. The molecule has 1 N–H and O–H groups in total. The third-order valence-corrected chi connectivity index (χ3v) is 5.80. The lowest BCUT2D eigenvalue weighted by molar-refractivity contribution is 0.0465. The minimum absolute atomic E-state index is 0.405. The predicted octanol–water partition coefficient (Wildman–Crippen LogP) is 3.51. The number of carbonyl (C=O) groups is 1. The van der Waals surface area contributed by atoms with Crippen molar-refractivity contribution in [2.75, 3.05) is 26.2 Å². The van der Waals surface area contributed by atoms with E-state index in [1.165, 1.54) is 5.56 Å². The number of nitrogens with zero attached hydrogens (tertiary/aromatic N) is 6. The van der Waals surface area contributed by atoms with E-state index in [2.05, 4.69) is 35.4 Å². The van der Waals surface area contributed by atoms with Crippen molar-refractivity contribution in [2.45, 2.75) is 65.8 Å². The van der Waals surface area contributed by atoms with Crippen molar-refractivity contribution in [1.29, 1.82) is 0 Å². The van der Waals surface area contributed by atoms with Crippen molar-refractivity contribution < 1.29 is 18.6 Å². The molecule has 3 aromatic rings. The molecule has 0 unspecified atom stereocenters. The summed E-state index contributed by atoms with van der Waals surface area (Å²) in [7, 11) is 0. The van der Waals surface area contributed by atoms with E-state index in [4.69, 9.17) is 13.8 Å². The number of nitrogens with one attached hydrogen (secondary N) is 1. The summed E-state index contributed by atoms with van der Waals surface area (Å²) in [5.41, 5.74) is 0.726. The predicted molar refractivity (Wildman–Crippen MR) is 132 cm³/mol. The number of alkyl carbamates (subject to hydrolysis) is 1. The number of ether oxygens (including phenoxy) is 1. The number of rotatable bonds is 7. The Bertz CT molecular complexity index is 1160. The SMILES string of the molecule is Cc1ccc(-c2noc(CN3CCN(Cc4nc(C(C)(C)NC(=O)OC(C)(C)C)no4)CC3)n2)cc1. The number of amides is 1. The maximum Gasteiger partial charge on any atom is 0.408 e. The van der Waals surface area contributed by atoms with Gasteiger partial charge in [-0.3, -0.25) is 9.80 Å². The molecule has 36 heavy (non-hydrogen) atoms. The number of benzene rings is 1. The summed E-state index contributed by atoms with van der Waals surface area (Å²) in [4.78, 5) is 25.8. The molecule has 11 nitrogen and oxygen atoms in total. The summed E-state index contributed by atoms with van der Waals surface area (Å²) in [6, 6.07) is 8.08. The molecule has 0 aliphatic carbocycles. The lowest BCUT2D eigenvalue weighted by atomic mass is 10.1. The third kappa shape index (κ3) is 6.88. The van der Waals surface area contributed by atoms with Crippen LogP contribution in [-0.4, -0.2) is 68.0 Å². The Hall–Kier alpha value is -3.31. The molecule has 0 saturated carbocycles. The van der Waals surface area contributed by atoms with Gasteiger partial charge in [-0.15, -0.1) is 0 Å². The van der Waals surface area contributed by atoms with E-state index in [9.17, 15) is 4.79 Å². The fourth-order valence-electron chi connectivity index (χ4n) is 3.81. The molecule has 1 fully saturated rings. The van der Waals surface area contributed by atoms with Gasteiger partial charge in [0, 0.05) is 31.7 Å². The monoisotopic (exact) mass is 497 g/mol. The van der Waals surface area contributed by atoms with E-state index in [-0.39, 0.29) is 0 Å². The van der Waals surface area contributed by atoms with Crippen molar-refractivity contribution in [3.05, 3.63) is 47.4 Å². The van der Waals surface area contributed by atoms with E-state index in [1.54, 1.807) is 0 Å². The van der Waals surface area contributed by atoms with Gasteiger partial charge >= 0.3 is 6.09 Å². The van der Waals surface area contributed by atoms with Crippen LogP contribution in [-0.2, 0) is 23.4 Å². The van der Waals surface area contributed by atoms with Gasteiger partial charge in [0.05, 0.1) is 13.1 Å². The minimum Gasteiger partial charge on any atom is -0.444 e. The normalized spacial score (nSPS) is 15.7. The van der Waals surface area contributed by atoms with Crippen molar-refractivity contribution in [3.63, 3.8) is 0 Å². The quantitative estimate of drug-likeness (QED) is 0.519. The zero-order chi connectivity index (χ0) is 25.9. The molecular weight excluding hydrogens is 462 g/mol. The highest BCUT2D eigenvalue weighted by Crippen LogP contribution is 2.20. The molecule has 11 heteroatoms. The average molecular weight is 498 g/mol. The fraction of sp³-hybridized carbons (Fsp3) is 0.560. The van der Waals surface area contributed by atoms with E-state index < -0.39 is 17.2 Å². The summed E-state index contributed by atoms with van der Waals surface area (Å²) < 4.78 is 16.3. The van der Waals surface area contributed by atoms with Gasteiger partial charge in [-0.05, 0) is 41.5 Å². The van der Waals surface area contributed by atoms with Crippen molar-refractivity contribution in [1.82, 2.24) is 35.4 Å². The Morgan fingerprint density at radius 1 is 0.917 bits per heavy atom. The number of aromatic nitrogens is 4. The summed E-state index contributed by atoms with van der Waals surface area (Å²) in [6.07, 6.45) is -0.526. The first kappa shape index (κ1) is 25.8. The number of hydrogen-bond donors (Lipinski definition) is 1. The average Bonchev–Trinajstić information content (AvgIpc) is 3.44. The fourth-order valence-corrected chi connectivity index (χ4v) is 3.81. The smallest absolute Gasteiger partial charge is 0.408 e. The second-order valence-electron chi connectivity index (χ2n) is 10.7. The van der Waals surface area contributed by atoms with Crippen LogP contribution in [0.3, 0.4) is 0 Å². The van der Waals surface area contributed by atoms with Crippen molar-refractivity contribution in [2.24, 2.45) is 0 Å². The van der Waals surface area contributed by atoms with Crippen LogP contribution < -0.4 is 5.32 Å². The maximum atomic E-state index is 12.2. The largest absolute Gasteiger partial charge is 0.444 e. The highest BCUT2D eigenvalue weighted by molar-refractivity contribution is 5.68. The zero-order valence-electron chi connectivity index (χ0n) is 21.9. The van der Waals surface area contributed by atoms with Crippen molar-refractivity contribution in [3.8, 4) is 11.4 Å². The topological polar surface area (TPSA) is 123 Å². The summed E-state index contributed by atoms with van der Waals surface area (Å²) in [5.74, 6) is 2.14. The highest BCUT2D eigenvalue weighted by atomic mass is 16.6. The van der Waals surface area contributed by atoms with Gasteiger partial charge in [0.15, 0.2) is 5.82 Å². The van der Waals surface area contributed by atoms with Crippen LogP contribution in [0.25, 0.3) is 11.4 Å². The molecule has 0 spiro atoms. The molecule has 4 rings (SSSR count). The van der Waals surface area contributed by atoms with Gasteiger partial charge in [-0.25, -0.2) is 4.79 Å². The molecule has 2 aromatic heterocycles. The lowest BCUT2D eigenvalue weighted by Crippen LogP contribution is -2.45. The maximum absolute atomic E-state index is 12.2. The molecule has 1 aliphatic rings. The van der Waals surface area contributed by atoms with Crippen molar-refractivity contribution >= 4 is 6.09 Å². The number of aryl methyl sites for hydroxylation is 1. The Kier molecular flexibility index (Phi) is 7.41. The Labute approximate surface area is 211 Å². The molecule has 0 radical (unpaired) electrons. The van der Waals surface area contributed by atoms with Crippen LogP contribution in [0.5, 0.6) is 0 Å². The van der Waals surface area contributed by atoms with Gasteiger partial charge in [-0.2, -0.15) is 9.97 Å². The molecule has 0 bridgehead atoms. The van der Waals surface area contributed by atoms with Crippen LogP contribution in [0.15, 0.2) is 33.3 Å². The molecule has 1 saturated heterocycles. The lowest BCUT2D eigenvalue weighted by Gasteiger charge is -2.32. The van der Waals surface area contributed by atoms with Crippen LogP contribution in [0.2, 0.25) is 0 Å². The van der Waals surface area contributed by atoms with Crippen LogP contribution in [0.4, 0.5) is 4.79 Å². The third-order valence-electron chi connectivity index (χ3n) is 5.80. The number of carbonyl (C=O) groups excluding carboxylic acids is 1. The van der Waals surface area contributed by atoms with Crippen LogP contribution >= 0.6 is 0 Å². The first-order valence-corrected chi connectivity index (χ1v) is 12.2. The van der Waals surface area contributed by atoms with Gasteiger partial charge < -0.3 is 19.1 Å². The standard InChI is InChI=1S/C25H35N7O4/c1-17-7-9-18(10-8-17)21-26-19(35-29-21)15-31-11-13-32(14-12-31)16-20-27-22(30-36-20)25(5,6)28-23(33)34-24(2,3)4/h7-10H,11-16H2,1-6H3,(H,28,33). The number of hydrogen-bond acceptors (Lipinski definition) is 10. The van der Waals surface area contributed by atoms with Crippen LogP contribution in [0.1, 0.15) is 57.8 Å². The van der Waals surface area contributed by atoms with E-state index in [0.717, 1.165) is 31.7 Å². The first-order chi connectivity index (χ1) is 17.0. The highest BCUT2D eigenvalue weighted by Gasteiger charge is 2.31. The second kappa shape index (κ2) is 10.4. The summed E-state index contributed by atoms with van der Waals surface area (Å²) >= 11 is 0. The van der Waals surface area contributed by atoms with E-state index in [0.29, 0.717) is 36.5 Å². The Morgan fingerprint density at radius 3 is 2.06 bits per heavy atom.